The van der Waals surface area contributed by atoms with Gasteiger partial charge in [-0.3, -0.25) is 9.59 Å². The molecule has 0 unspecified atom stereocenters. The van der Waals surface area contributed by atoms with Gasteiger partial charge in [0.1, 0.15) is 5.69 Å². The molecule has 0 aliphatic rings. The van der Waals surface area contributed by atoms with Gasteiger partial charge in [-0.15, -0.1) is 0 Å². The highest BCUT2D eigenvalue weighted by Gasteiger charge is 2.34. The molecule has 0 fully saturated rings. The molecular formula is C12H10F3N3O3. The van der Waals surface area contributed by atoms with Crippen LogP contribution in [-0.4, -0.2) is 19.5 Å². The molecule has 0 bridgehead atoms. The Morgan fingerprint density at radius 2 is 1.71 bits per heavy atom. The van der Waals surface area contributed by atoms with Gasteiger partial charge in [0, 0.05) is 14.1 Å². The zero-order chi connectivity index (χ0) is 15.9. The van der Waals surface area contributed by atoms with Crippen LogP contribution < -0.4 is 11.1 Å². The van der Waals surface area contributed by atoms with E-state index in [4.69, 9.17) is 0 Å². The predicted molar refractivity (Wildman–Crippen MR) is 66.8 cm³/mol. The second kappa shape index (κ2) is 4.76. The average Bonchev–Trinajstić information content (AvgIpc) is 2.39. The van der Waals surface area contributed by atoms with Crippen molar-refractivity contribution in [2.45, 2.75) is 6.18 Å². The van der Waals surface area contributed by atoms with E-state index in [9.17, 15) is 27.9 Å². The molecule has 2 heterocycles. The summed E-state index contributed by atoms with van der Waals surface area (Å²) in [6.45, 7) is 0. The maximum absolute atomic E-state index is 12.7. The Labute approximate surface area is 115 Å². The molecule has 1 N–H and O–H groups in total. The molecule has 0 atom stereocenters. The van der Waals surface area contributed by atoms with Crippen LogP contribution in [0.25, 0.3) is 11.1 Å². The van der Waals surface area contributed by atoms with Crippen molar-refractivity contribution in [2.75, 3.05) is 0 Å². The monoisotopic (exact) mass is 301 g/mol. The number of pyridine rings is 1. The minimum atomic E-state index is -4.68. The summed E-state index contributed by atoms with van der Waals surface area (Å²) in [6.07, 6.45) is -3.64. The lowest BCUT2D eigenvalue weighted by Gasteiger charge is -2.13. The van der Waals surface area contributed by atoms with Gasteiger partial charge in [-0.2, -0.15) is 18.3 Å². The van der Waals surface area contributed by atoms with E-state index in [0.717, 1.165) is 24.0 Å². The summed E-state index contributed by atoms with van der Waals surface area (Å²) in [4.78, 5) is 23.5. The number of aromatic nitrogens is 3. The molecule has 0 aliphatic heterocycles. The molecule has 0 aliphatic carbocycles. The van der Waals surface area contributed by atoms with Gasteiger partial charge in [0.05, 0.1) is 17.3 Å². The summed E-state index contributed by atoms with van der Waals surface area (Å²) >= 11 is 0. The van der Waals surface area contributed by atoms with E-state index in [1.165, 1.54) is 7.05 Å². The number of hydrogen-bond acceptors (Lipinski definition) is 4. The minimum absolute atomic E-state index is 0.215. The maximum Gasteiger partial charge on any atom is 0.431 e. The van der Waals surface area contributed by atoms with Crippen molar-refractivity contribution in [3.63, 3.8) is 0 Å². The van der Waals surface area contributed by atoms with Gasteiger partial charge in [0.2, 0.25) is 0 Å². The van der Waals surface area contributed by atoms with Crippen LogP contribution in [-0.2, 0) is 20.3 Å². The van der Waals surface area contributed by atoms with Gasteiger partial charge in [-0.25, -0.2) is 4.68 Å². The molecule has 21 heavy (non-hydrogen) atoms. The number of rotatable bonds is 1. The van der Waals surface area contributed by atoms with Crippen LogP contribution in [0.1, 0.15) is 5.69 Å². The van der Waals surface area contributed by atoms with E-state index in [1.807, 2.05) is 0 Å². The first-order chi connectivity index (χ1) is 9.64. The highest BCUT2D eigenvalue weighted by Crippen LogP contribution is 2.29. The van der Waals surface area contributed by atoms with Crippen molar-refractivity contribution < 1.29 is 18.3 Å². The molecule has 2 aromatic rings. The Kier molecular flexibility index (Phi) is 3.36. The van der Waals surface area contributed by atoms with Crippen molar-refractivity contribution >= 4 is 0 Å². The molecule has 0 spiro atoms. The van der Waals surface area contributed by atoms with Crippen LogP contribution in [0.5, 0.6) is 5.75 Å². The molecule has 6 nitrogen and oxygen atoms in total. The maximum atomic E-state index is 12.7. The average molecular weight is 301 g/mol. The summed E-state index contributed by atoms with van der Waals surface area (Å²) in [7, 11) is 2.25. The van der Waals surface area contributed by atoms with Gasteiger partial charge in [0.25, 0.3) is 5.56 Å². The number of aryl methyl sites for hydroxylation is 1. The van der Waals surface area contributed by atoms with Gasteiger partial charge >= 0.3 is 11.7 Å². The Morgan fingerprint density at radius 3 is 2.29 bits per heavy atom. The fraction of sp³-hybridized carbons (Fsp3) is 0.250. The summed E-state index contributed by atoms with van der Waals surface area (Å²) < 4.78 is 39.3. The van der Waals surface area contributed by atoms with Crippen LogP contribution in [0.2, 0.25) is 0 Å². The zero-order valence-corrected chi connectivity index (χ0v) is 11.0. The van der Waals surface area contributed by atoms with Crippen LogP contribution in [0.4, 0.5) is 13.2 Å². The lowest BCUT2D eigenvalue weighted by molar-refractivity contribution is -0.143. The summed E-state index contributed by atoms with van der Waals surface area (Å²) in [5.41, 5.74) is -3.43. The number of nitrogens with zero attached hydrogens (tertiary/aromatic N) is 3. The third-order valence-corrected chi connectivity index (χ3v) is 3.00. The second-order valence-electron chi connectivity index (χ2n) is 4.33. The van der Waals surface area contributed by atoms with E-state index in [2.05, 4.69) is 5.10 Å². The molecule has 0 amide bonds. The summed E-state index contributed by atoms with van der Waals surface area (Å²) in [6, 6.07) is 1.61. The Hall–Kier alpha value is -2.58. The van der Waals surface area contributed by atoms with Gasteiger partial charge in [-0.05, 0) is 12.1 Å². The van der Waals surface area contributed by atoms with Crippen LogP contribution >= 0.6 is 0 Å². The normalized spacial score (nSPS) is 11.7. The molecule has 112 valence electrons. The van der Waals surface area contributed by atoms with Gasteiger partial charge in [-0.1, -0.05) is 0 Å². The number of halogens is 3. The Bertz CT molecular complexity index is 821. The Balaban J connectivity index is 2.74. The third-order valence-electron chi connectivity index (χ3n) is 3.00. The van der Waals surface area contributed by atoms with Gasteiger partial charge in [0.15, 0.2) is 5.75 Å². The number of aromatic hydroxyl groups is 1. The molecule has 2 rings (SSSR count). The molecule has 0 saturated heterocycles. The number of hydrogen-bond donors (Lipinski definition) is 1. The number of alkyl halides is 3. The van der Waals surface area contributed by atoms with Crippen molar-refractivity contribution in [2.24, 2.45) is 14.1 Å². The van der Waals surface area contributed by atoms with Crippen LogP contribution in [0.3, 0.4) is 0 Å². The first-order valence-electron chi connectivity index (χ1n) is 5.67. The van der Waals surface area contributed by atoms with Crippen molar-refractivity contribution in [3.8, 4) is 16.9 Å². The lowest BCUT2D eigenvalue weighted by atomic mass is 10.1. The lowest BCUT2D eigenvalue weighted by Crippen LogP contribution is -2.27. The predicted octanol–water partition coefficient (Wildman–Crippen LogP) is 0.870. The minimum Gasteiger partial charge on any atom is -0.503 e. The van der Waals surface area contributed by atoms with Crippen LogP contribution in [0, 0.1) is 0 Å². The Morgan fingerprint density at radius 1 is 1.10 bits per heavy atom. The van der Waals surface area contributed by atoms with Crippen molar-refractivity contribution in [3.05, 3.63) is 44.7 Å². The van der Waals surface area contributed by atoms with E-state index in [0.29, 0.717) is 10.6 Å². The molecule has 9 heteroatoms. The smallest absolute Gasteiger partial charge is 0.431 e. The van der Waals surface area contributed by atoms with Crippen molar-refractivity contribution in [1.29, 1.82) is 0 Å². The zero-order valence-electron chi connectivity index (χ0n) is 11.0. The first kappa shape index (κ1) is 14.8. The largest absolute Gasteiger partial charge is 0.503 e. The van der Waals surface area contributed by atoms with E-state index < -0.39 is 28.7 Å². The van der Waals surface area contributed by atoms with E-state index >= 15 is 0 Å². The fourth-order valence-corrected chi connectivity index (χ4v) is 1.85. The highest BCUT2D eigenvalue weighted by atomic mass is 19.4. The molecular weight excluding hydrogens is 291 g/mol. The van der Waals surface area contributed by atoms with Crippen LogP contribution in [0.15, 0.2) is 27.9 Å². The third kappa shape index (κ3) is 2.41. The fourth-order valence-electron chi connectivity index (χ4n) is 1.85. The van der Waals surface area contributed by atoms with Gasteiger partial charge < -0.3 is 9.67 Å². The molecule has 0 aromatic carbocycles. The molecule has 2 aromatic heterocycles. The quantitative estimate of drug-likeness (QED) is 0.848. The van der Waals surface area contributed by atoms with E-state index in [-0.39, 0.29) is 11.1 Å². The standard InChI is InChI=1S/C12H10F3N3O3/c1-17-8(12(13,14)15)4-3-6(10(17)20)7-5-16-18(2)11(21)9(7)19/h3-5,19H,1-2H3. The molecule has 0 saturated carbocycles. The molecule has 0 radical (unpaired) electrons. The summed E-state index contributed by atoms with van der Waals surface area (Å²) in [5, 5.41) is 13.4. The first-order valence-corrected chi connectivity index (χ1v) is 5.67. The second-order valence-corrected chi connectivity index (χ2v) is 4.33. The highest BCUT2D eigenvalue weighted by molar-refractivity contribution is 5.67. The van der Waals surface area contributed by atoms with Crippen molar-refractivity contribution in [1.82, 2.24) is 14.3 Å². The SMILES string of the molecule is Cn1ncc(-c2ccc(C(F)(F)F)n(C)c2=O)c(O)c1=O. The topological polar surface area (TPSA) is 77.1 Å². The summed E-state index contributed by atoms with van der Waals surface area (Å²) in [5.74, 6) is -0.746. The van der Waals surface area contributed by atoms with E-state index in [1.54, 1.807) is 0 Å².